The van der Waals surface area contributed by atoms with Crippen molar-refractivity contribution in [2.24, 2.45) is 5.73 Å². The van der Waals surface area contributed by atoms with Crippen molar-refractivity contribution in [2.45, 2.75) is 13.0 Å². The van der Waals surface area contributed by atoms with Crippen LogP contribution in [0.3, 0.4) is 0 Å². The van der Waals surface area contributed by atoms with Gasteiger partial charge in [-0.15, -0.1) is 0 Å². The summed E-state index contributed by atoms with van der Waals surface area (Å²) in [5, 5.41) is 0. The van der Waals surface area contributed by atoms with Gasteiger partial charge in [0.1, 0.15) is 5.75 Å². The molecule has 0 saturated heterocycles. The fraction of sp³-hybridized carbons (Fsp3) is 0.143. The van der Waals surface area contributed by atoms with Crippen LogP contribution in [0.4, 0.5) is 0 Å². The van der Waals surface area contributed by atoms with Crippen molar-refractivity contribution < 1.29 is 4.74 Å². The third-order valence-electron chi connectivity index (χ3n) is 3.96. The Kier molecular flexibility index (Phi) is 5.68. The van der Waals surface area contributed by atoms with Crippen LogP contribution in [0.25, 0.3) is 11.1 Å². The lowest BCUT2D eigenvalue weighted by molar-refractivity contribution is 0.322. The lowest BCUT2D eigenvalue weighted by atomic mass is 10.00. The molecule has 0 aliphatic rings. The molecule has 0 aliphatic heterocycles. The van der Waals surface area contributed by atoms with E-state index in [-0.39, 0.29) is 0 Å². The van der Waals surface area contributed by atoms with Crippen molar-refractivity contribution in [1.82, 2.24) is 0 Å². The van der Waals surface area contributed by atoms with Gasteiger partial charge in [0.15, 0.2) is 0 Å². The molecular weight excluding hydrogens is 362 g/mol. The normalized spacial score (nSPS) is 10.6. The van der Waals surface area contributed by atoms with E-state index in [0.29, 0.717) is 13.2 Å². The van der Waals surface area contributed by atoms with Gasteiger partial charge in [0.2, 0.25) is 0 Å². The molecule has 3 rings (SSSR count). The van der Waals surface area contributed by atoms with E-state index in [2.05, 4.69) is 64.5 Å². The summed E-state index contributed by atoms with van der Waals surface area (Å²) < 4.78 is 7.03. The molecule has 3 heteroatoms. The van der Waals surface area contributed by atoms with Crippen LogP contribution < -0.4 is 10.5 Å². The number of rotatable bonds is 6. The molecule has 0 aliphatic carbocycles. The van der Waals surface area contributed by atoms with Gasteiger partial charge in [-0.05, 0) is 46.5 Å². The molecule has 2 N–H and O–H groups in total. The molecule has 0 unspecified atom stereocenters. The minimum Gasteiger partial charge on any atom is -0.493 e. The first kappa shape index (κ1) is 16.7. The van der Waals surface area contributed by atoms with Crippen molar-refractivity contribution in [3.63, 3.8) is 0 Å². The highest BCUT2D eigenvalue weighted by Crippen LogP contribution is 2.27. The van der Waals surface area contributed by atoms with Crippen LogP contribution >= 0.6 is 15.9 Å². The number of ether oxygens (including phenoxy) is 1. The van der Waals surface area contributed by atoms with Crippen LogP contribution in [0.2, 0.25) is 0 Å². The minimum atomic E-state index is 0.533. The maximum Gasteiger partial charge on any atom is 0.119 e. The molecule has 2 nitrogen and oxygen atoms in total. The first-order valence-electron chi connectivity index (χ1n) is 8.02. The smallest absolute Gasteiger partial charge is 0.119 e. The maximum absolute atomic E-state index is 5.93. The standard InChI is InChI=1S/C21H20BrNO/c22-19-10-8-16(9-11-19)12-13-24-20-6-3-5-17(14-20)21-7-2-1-4-18(21)15-23/h1-11,14H,12-13,15,23H2. The van der Waals surface area contributed by atoms with Gasteiger partial charge in [-0.2, -0.15) is 0 Å². The van der Waals surface area contributed by atoms with E-state index in [1.165, 1.54) is 11.1 Å². The van der Waals surface area contributed by atoms with Gasteiger partial charge in [0, 0.05) is 17.4 Å². The monoisotopic (exact) mass is 381 g/mol. The molecule has 0 amide bonds. The predicted molar refractivity (Wildman–Crippen MR) is 103 cm³/mol. The van der Waals surface area contributed by atoms with Crippen molar-refractivity contribution in [2.75, 3.05) is 6.61 Å². The Morgan fingerprint density at radius 3 is 2.46 bits per heavy atom. The van der Waals surface area contributed by atoms with Crippen LogP contribution in [-0.4, -0.2) is 6.61 Å². The first-order valence-corrected chi connectivity index (χ1v) is 8.81. The average molecular weight is 382 g/mol. The summed E-state index contributed by atoms with van der Waals surface area (Å²) in [5.74, 6) is 0.886. The summed E-state index contributed by atoms with van der Waals surface area (Å²) in [5.41, 5.74) is 10.6. The topological polar surface area (TPSA) is 35.2 Å². The van der Waals surface area contributed by atoms with Gasteiger partial charge in [-0.25, -0.2) is 0 Å². The van der Waals surface area contributed by atoms with Crippen LogP contribution in [-0.2, 0) is 13.0 Å². The summed E-state index contributed by atoms with van der Waals surface area (Å²) in [7, 11) is 0. The Morgan fingerprint density at radius 2 is 1.67 bits per heavy atom. The zero-order valence-electron chi connectivity index (χ0n) is 13.4. The van der Waals surface area contributed by atoms with Crippen LogP contribution in [0, 0.1) is 0 Å². The second-order valence-corrected chi connectivity index (χ2v) is 6.53. The predicted octanol–water partition coefficient (Wildman–Crippen LogP) is 5.20. The molecule has 0 atom stereocenters. The lowest BCUT2D eigenvalue weighted by Gasteiger charge is -2.11. The van der Waals surface area contributed by atoms with Crippen molar-refractivity contribution in [3.8, 4) is 16.9 Å². The lowest BCUT2D eigenvalue weighted by Crippen LogP contribution is -2.02. The number of benzene rings is 3. The Hall–Kier alpha value is -2.10. The highest BCUT2D eigenvalue weighted by atomic mass is 79.9. The SMILES string of the molecule is NCc1ccccc1-c1cccc(OCCc2ccc(Br)cc2)c1. The third-order valence-corrected chi connectivity index (χ3v) is 4.48. The molecule has 0 aromatic heterocycles. The van der Waals surface area contributed by atoms with Gasteiger partial charge in [-0.1, -0.05) is 64.5 Å². The van der Waals surface area contributed by atoms with Gasteiger partial charge in [-0.3, -0.25) is 0 Å². The number of hydrogen-bond donors (Lipinski definition) is 1. The summed E-state index contributed by atoms with van der Waals surface area (Å²) in [6, 6.07) is 24.8. The highest BCUT2D eigenvalue weighted by molar-refractivity contribution is 9.10. The van der Waals surface area contributed by atoms with E-state index in [1.807, 2.05) is 24.3 Å². The van der Waals surface area contributed by atoms with Gasteiger partial charge in [0.05, 0.1) is 6.61 Å². The number of hydrogen-bond acceptors (Lipinski definition) is 2. The molecular formula is C21H20BrNO. The molecule has 24 heavy (non-hydrogen) atoms. The zero-order chi connectivity index (χ0) is 16.8. The second kappa shape index (κ2) is 8.13. The summed E-state index contributed by atoms with van der Waals surface area (Å²) in [6.07, 6.45) is 0.886. The summed E-state index contributed by atoms with van der Waals surface area (Å²) in [6.45, 7) is 1.19. The quantitative estimate of drug-likeness (QED) is 0.636. The highest BCUT2D eigenvalue weighted by Gasteiger charge is 2.04. The molecule has 0 heterocycles. The molecule has 0 bridgehead atoms. The van der Waals surface area contributed by atoms with Crippen molar-refractivity contribution in [3.05, 3.63) is 88.4 Å². The Labute approximate surface area is 151 Å². The Balaban J connectivity index is 1.68. The second-order valence-electron chi connectivity index (χ2n) is 5.61. The molecule has 122 valence electrons. The number of nitrogens with two attached hydrogens (primary N) is 1. The van der Waals surface area contributed by atoms with Gasteiger partial charge < -0.3 is 10.5 Å². The number of halogens is 1. The van der Waals surface area contributed by atoms with E-state index in [9.17, 15) is 0 Å². The maximum atomic E-state index is 5.93. The van der Waals surface area contributed by atoms with E-state index in [0.717, 1.165) is 27.8 Å². The summed E-state index contributed by atoms with van der Waals surface area (Å²) in [4.78, 5) is 0. The van der Waals surface area contributed by atoms with Crippen molar-refractivity contribution >= 4 is 15.9 Å². The van der Waals surface area contributed by atoms with Crippen LogP contribution in [0.5, 0.6) is 5.75 Å². The largest absolute Gasteiger partial charge is 0.493 e. The molecule has 0 spiro atoms. The van der Waals surface area contributed by atoms with Gasteiger partial charge in [0.25, 0.3) is 0 Å². The average Bonchev–Trinajstić information content (AvgIpc) is 2.63. The van der Waals surface area contributed by atoms with Gasteiger partial charge >= 0.3 is 0 Å². The third kappa shape index (κ3) is 4.25. The molecule has 0 saturated carbocycles. The fourth-order valence-corrected chi connectivity index (χ4v) is 2.94. The van der Waals surface area contributed by atoms with Crippen LogP contribution in [0.15, 0.2) is 77.3 Å². The molecule has 0 radical (unpaired) electrons. The van der Waals surface area contributed by atoms with E-state index < -0.39 is 0 Å². The summed E-state index contributed by atoms with van der Waals surface area (Å²) >= 11 is 3.45. The Bertz CT molecular complexity index is 799. The van der Waals surface area contributed by atoms with E-state index >= 15 is 0 Å². The van der Waals surface area contributed by atoms with E-state index in [4.69, 9.17) is 10.5 Å². The molecule has 3 aromatic rings. The Morgan fingerprint density at radius 1 is 0.875 bits per heavy atom. The van der Waals surface area contributed by atoms with E-state index in [1.54, 1.807) is 0 Å². The minimum absolute atomic E-state index is 0.533. The first-order chi connectivity index (χ1) is 11.8. The fourth-order valence-electron chi connectivity index (χ4n) is 2.67. The molecule has 3 aromatic carbocycles. The van der Waals surface area contributed by atoms with Crippen molar-refractivity contribution in [1.29, 1.82) is 0 Å². The van der Waals surface area contributed by atoms with Crippen LogP contribution in [0.1, 0.15) is 11.1 Å². The molecule has 0 fully saturated rings. The zero-order valence-corrected chi connectivity index (χ0v) is 15.0.